The first-order valence-corrected chi connectivity index (χ1v) is 10.7. The van der Waals surface area contributed by atoms with Gasteiger partial charge in [0.25, 0.3) is 5.91 Å². The molecule has 170 valence electrons. The zero-order valence-corrected chi connectivity index (χ0v) is 18.3. The molecule has 2 N–H and O–H groups in total. The lowest BCUT2D eigenvalue weighted by molar-refractivity contribution is -0.127. The van der Waals surface area contributed by atoms with Crippen molar-refractivity contribution in [2.24, 2.45) is 5.73 Å². The van der Waals surface area contributed by atoms with Crippen LogP contribution in [0.3, 0.4) is 0 Å². The normalized spacial score (nSPS) is 18.0. The van der Waals surface area contributed by atoms with E-state index in [1.54, 1.807) is 27.7 Å². The third kappa shape index (κ3) is 3.69. The number of pyridine rings is 1. The van der Waals surface area contributed by atoms with Crippen molar-refractivity contribution in [3.8, 4) is 17.1 Å². The maximum absolute atomic E-state index is 15.4. The van der Waals surface area contributed by atoms with Crippen LogP contribution in [0, 0.1) is 12.7 Å². The van der Waals surface area contributed by atoms with Crippen LogP contribution in [0.25, 0.3) is 11.3 Å². The summed E-state index contributed by atoms with van der Waals surface area (Å²) >= 11 is 0. The SMILES string of the molecule is C=CC(=O)N1CCC[C@@H](N(C)c2nc(-c3cnn4c3OCCC4)c(C(N)=O)c(C)c2F)C1. The number of likely N-dealkylation sites (tertiary alicyclic amines) is 1. The highest BCUT2D eigenvalue weighted by Gasteiger charge is 2.31. The summed E-state index contributed by atoms with van der Waals surface area (Å²) in [5.74, 6) is -0.947. The van der Waals surface area contributed by atoms with Gasteiger partial charge in [0.2, 0.25) is 11.8 Å². The van der Waals surface area contributed by atoms with Gasteiger partial charge in [0.15, 0.2) is 11.6 Å². The van der Waals surface area contributed by atoms with Crippen molar-refractivity contribution in [1.29, 1.82) is 0 Å². The topological polar surface area (TPSA) is 107 Å². The molecular formula is C22H27FN6O3. The molecule has 9 nitrogen and oxygen atoms in total. The molecule has 2 aromatic heterocycles. The van der Waals surface area contributed by atoms with E-state index in [0.717, 1.165) is 19.3 Å². The van der Waals surface area contributed by atoms with E-state index >= 15 is 4.39 Å². The fourth-order valence-corrected chi connectivity index (χ4v) is 4.40. The summed E-state index contributed by atoms with van der Waals surface area (Å²) in [7, 11) is 1.75. The molecule has 4 heterocycles. The van der Waals surface area contributed by atoms with Gasteiger partial charge in [-0.15, -0.1) is 0 Å². The van der Waals surface area contributed by atoms with Gasteiger partial charge in [-0.3, -0.25) is 9.59 Å². The molecule has 1 fully saturated rings. The van der Waals surface area contributed by atoms with Crippen LogP contribution in [0.2, 0.25) is 0 Å². The summed E-state index contributed by atoms with van der Waals surface area (Å²) in [6.07, 6.45) is 5.24. The fourth-order valence-electron chi connectivity index (χ4n) is 4.40. The number of likely N-dealkylation sites (N-methyl/N-ethyl adjacent to an activating group) is 1. The molecule has 2 aromatic rings. The molecule has 0 radical (unpaired) electrons. The minimum absolute atomic E-state index is 0.0109. The molecule has 2 aliphatic rings. The molecule has 0 saturated carbocycles. The van der Waals surface area contributed by atoms with E-state index in [1.165, 1.54) is 13.0 Å². The highest BCUT2D eigenvalue weighted by atomic mass is 19.1. The number of aromatic nitrogens is 3. The summed E-state index contributed by atoms with van der Waals surface area (Å²) in [6, 6.07) is -0.140. The second kappa shape index (κ2) is 8.60. The number of carbonyl (C=O) groups excluding carboxylic acids is 2. The molecule has 0 aliphatic carbocycles. The summed E-state index contributed by atoms with van der Waals surface area (Å²) < 4.78 is 22.9. The Labute approximate surface area is 185 Å². The maximum atomic E-state index is 15.4. The number of hydrogen-bond donors (Lipinski definition) is 1. The largest absolute Gasteiger partial charge is 0.477 e. The second-order valence-corrected chi connectivity index (χ2v) is 8.15. The zero-order valence-electron chi connectivity index (χ0n) is 18.3. The van der Waals surface area contributed by atoms with Crippen molar-refractivity contribution in [3.63, 3.8) is 0 Å². The number of hydrogen-bond acceptors (Lipinski definition) is 6. The van der Waals surface area contributed by atoms with Crippen LogP contribution in [0.4, 0.5) is 10.2 Å². The van der Waals surface area contributed by atoms with Crippen LogP contribution in [0.1, 0.15) is 35.2 Å². The van der Waals surface area contributed by atoms with Crippen LogP contribution in [0.15, 0.2) is 18.9 Å². The maximum Gasteiger partial charge on any atom is 0.251 e. The summed E-state index contributed by atoms with van der Waals surface area (Å²) in [6.45, 7) is 7.34. The molecule has 1 saturated heterocycles. The molecule has 0 bridgehead atoms. The first kappa shape index (κ1) is 21.8. The van der Waals surface area contributed by atoms with E-state index in [-0.39, 0.29) is 34.6 Å². The van der Waals surface area contributed by atoms with Gasteiger partial charge < -0.3 is 20.3 Å². The van der Waals surface area contributed by atoms with Crippen molar-refractivity contribution in [2.75, 3.05) is 31.6 Å². The third-order valence-electron chi connectivity index (χ3n) is 6.17. The summed E-state index contributed by atoms with van der Waals surface area (Å²) in [5, 5.41) is 4.33. The highest BCUT2D eigenvalue weighted by Crippen LogP contribution is 2.37. The van der Waals surface area contributed by atoms with Crippen LogP contribution in [0.5, 0.6) is 5.88 Å². The van der Waals surface area contributed by atoms with Gasteiger partial charge in [-0.2, -0.15) is 5.10 Å². The number of anilines is 1. The monoisotopic (exact) mass is 442 g/mol. The van der Waals surface area contributed by atoms with E-state index in [1.807, 2.05) is 0 Å². The van der Waals surface area contributed by atoms with Crippen LogP contribution in [-0.4, -0.2) is 64.3 Å². The Morgan fingerprint density at radius 2 is 2.16 bits per heavy atom. The van der Waals surface area contributed by atoms with Gasteiger partial charge in [-0.1, -0.05) is 6.58 Å². The number of rotatable bonds is 5. The Balaban J connectivity index is 1.78. The van der Waals surface area contributed by atoms with Gasteiger partial charge in [-0.25, -0.2) is 14.1 Å². The van der Waals surface area contributed by atoms with E-state index in [2.05, 4.69) is 16.7 Å². The Kier molecular flexibility index (Phi) is 5.86. The summed E-state index contributed by atoms with van der Waals surface area (Å²) in [5.41, 5.74) is 6.50. The van der Waals surface area contributed by atoms with E-state index in [9.17, 15) is 9.59 Å². The van der Waals surface area contributed by atoms with Gasteiger partial charge in [-0.05, 0) is 25.8 Å². The Bertz CT molecular complexity index is 1080. The molecule has 1 atom stereocenters. The van der Waals surface area contributed by atoms with Gasteiger partial charge in [0, 0.05) is 44.7 Å². The standard InChI is InChI=1S/C22H27FN6O3/c1-4-16(30)28-8-5-7-14(12-28)27(3)21-18(23)13(2)17(20(24)31)19(26-21)15-11-25-29-9-6-10-32-22(15)29/h4,11,14H,1,5-10,12H2,2-3H3,(H2,24,31)/t14-/m1/s1. The number of nitrogens with two attached hydrogens (primary N) is 1. The average Bonchev–Trinajstić information content (AvgIpc) is 3.23. The van der Waals surface area contributed by atoms with Crippen LogP contribution in [-0.2, 0) is 11.3 Å². The molecule has 32 heavy (non-hydrogen) atoms. The lowest BCUT2D eigenvalue weighted by Gasteiger charge is -2.38. The number of aryl methyl sites for hydroxylation is 1. The van der Waals surface area contributed by atoms with Crippen molar-refractivity contribution in [3.05, 3.63) is 35.8 Å². The van der Waals surface area contributed by atoms with Crippen molar-refractivity contribution in [2.45, 2.75) is 38.8 Å². The van der Waals surface area contributed by atoms with Crippen LogP contribution >= 0.6 is 0 Å². The minimum Gasteiger partial charge on any atom is -0.477 e. The lowest BCUT2D eigenvalue weighted by Crippen LogP contribution is -2.48. The number of ether oxygens (including phenoxy) is 1. The zero-order chi connectivity index (χ0) is 23.0. The smallest absolute Gasteiger partial charge is 0.251 e. The van der Waals surface area contributed by atoms with Gasteiger partial charge in [0.05, 0.1) is 29.6 Å². The Morgan fingerprint density at radius 3 is 2.88 bits per heavy atom. The number of primary amides is 1. The van der Waals surface area contributed by atoms with Gasteiger partial charge >= 0.3 is 0 Å². The number of fused-ring (bicyclic) bond motifs is 1. The molecule has 0 aromatic carbocycles. The molecule has 2 amide bonds. The van der Waals surface area contributed by atoms with Crippen molar-refractivity contribution in [1.82, 2.24) is 19.7 Å². The van der Waals surface area contributed by atoms with Crippen molar-refractivity contribution >= 4 is 17.6 Å². The number of nitrogens with zero attached hydrogens (tertiary/aromatic N) is 5. The Morgan fingerprint density at radius 1 is 1.38 bits per heavy atom. The molecule has 10 heteroatoms. The molecule has 0 spiro atoms. The highest BCUT2D eigenvalue weighted by molar-refractivity contribution is 6.01. The fraction of sp³-hybridized carbons (Fsp3) is 0.455. The third-order valence-corrected chi connectivity index (χ3v) is 6.17. The lowest BCUT2D eigenvalue weighted by atomic mass is 10.0. The second-order valence-electron chi connectivity index (χ2n) is 8.15. The number of piperidine rings is 1. The quantitative estimate of drug-likeness (QED) is 0.709. The predicted octanol–water partition coefficient (Wildman–Crippen LogP) is 1.89. The predicted molar refractivity (Wildman–Crippen MR) is 117 cm³/mol. The average molecular weight is 442 g/mol. The molecule has 4 rings (SSSR count). The molecule has 2 aliphatic heterocycles. The molecule has 0 unspecified atom stereocenters. The molecular weight excluding hydrogens is 415 g/mol. The summed E-state index contributed by atoms with van der Waals surface area (Å²) in [4.78, 5) is 32.3. The first-order valence-electron chi connectivity index (χ1n) is 10.7. The number of amides is 2. The van der Waals surface area contributed by atoms with E-state index < -0.39 is 11.7 Å². The van der Waals surface area contributed by atoms with E-state index in [4.69, 9.17) is 10.5 Å². The van der Waals surface area contributed by atoms with Gasteiger partial charge in [0.1, 0.15) is 0 Å². The van der Waals surface area contributed by atoms with Crippen molar-refractivity contribution < 1.29 is 18.7 Å². The number of carbonyl (C=O) groups is 2. The number of halogens is 1. The Hall–Kier alpha value is -3.43. The van der Waals surface area contributed by atoms with Crippen LogP contribution < -0.4 is 15.4 Å². The first-order chi connectivity index (χ1) is 15.3. The van der Waals surface area contributed by atoms with E-state index in [0.29, 0.717) is 37.7 Å². The minimum atomic E-state index is -0.769.